The first-order valence-corrected chi connectivity index (χ1v) is 4.88. The molecule has 2 heteroatoms. The number of ether oxygens (including phenoxy) is 1. The smallest absolute Gasteiger partial charge is 0.0713 e. The summed E-state index contributed by atoms with van der Waals surface area (Å²) in [5.41, 5.74) is 3.57. The van der Waals surface area contributed by atoms with Crippen molar-refractivity contribution in [2.75, 3.05) is 7.11 Å². The van der Waals surface area contributed by atoms with Gasteiger partial charge in [0.25, 0.3) is 0 Å². The van der Waals surface area contributed by atoms with E-state index in [9.17, 15) is 0 Å². The highest BCUT2D eigenvalue weighted by Gasteiger charge is 1.98. The zero-order valence-corrected chi connectivity index (χ0v) is 8.68. The highest BCUT2D eigenvalue weighted by atomic mass is 16.5. The lowest BCUT2D eigenvalue weighted by Gasteiger charge is -2.04. The summed E-state index contributed by atoms with van der Waals surface area (Å²) in [7, 11) is 1.71. The van der Waals surface area contributed by atoms with Gasteiger partial charge in [0, 0.05) is 19.5 Å². The van der Waals surface area contributed by atoms with Crippen molar-refractivity contribution in [2.45, 2.75) is 6.61 Å². The van der Waals surface area contributed by atoms with E-state index in [1.165, 1.54) is 16.7 Å². The Bertz CT molecular complexity index is 426. The zero-order valence-electron chi connectivity index (χ0n) is 8.68. The van der Waals surface area contributed by atoms with Gasteiger partial charge in [0.05, 0.1) is 6.61 Å². The molecule has 0 aliphatic rings. The minimum atomic E-state index is 0.652. The van der Waals surface area contributed by atoms with Crippen molar-refractivity contribution in [3.05, 3.63) is 54.4 Å². The standard InChI is InChI=1S/C13H13NO/c1-15-10-11-3-2-4-13(9-11)12-5-7-14-8-6-12/h2-9H,10H2,1H3. The predicted octanol–water partition coefficient (Wildman–Crippen LogP) is 2.90. The van der Waals surface area contributed by atoms with Crippen molar-refractivity contribution in [3.63, 3.8) is 0 Å². The first-order valence-electron chi connectivity index (χ1n) is 4.88. The summed E-state index contributed by atoms with van der Waals surface area (Å²) >= 11 is 0. The third-order valence-corrected chi connectivity index (χ3v) is 2.25. The fourth-order valence-electron chi connectivity index (χ4n) is 1.55. The minimum Gasteiger partial charge on any atom is -0.380 e. The maximum absolute atomic E-state index is 5.11. The van der Waals surface area contributed by atoms with Gasteiger partial charge in [-0.3, -0.25) is 4.98 Å². The summed E-state index contributed by atoms with van der Waals surface area (Å²) in [6.07, 6.45) is 3.61. The monoisotopic (exact) mass is 199 g/mol. The van der Waals surface area contributed by atoms with Gasteiger partial charge in [-0.05, 0) is 34.9 Å². The van der Waals surface area contributed by atoms with E-state index in [0.29, 0.717) is 6.61 Å². The lowest BCUT2D eigenvalue weighted by molar-refractivity contribution is 0.185. The van der Waals surface area contributed by atoms with E-state index < -0.39 is 0 Å². The molecular weight excluding hydrogens is 186 g/mol. The predicted molar refractivity (Wildman–Crippen MR) is 60.4 cm³/mol. The number of rotatable bonds is 3. The Hall–Kier alpha value is -1.67. The summed E-state index contributed by atoms with van der Waals surface area (Å²) in [5, 5.41) is 0. The molecule has 0 radical (unpaired) electrons. The molecule has 0 unspecified atom stereocenters. The van der Waals surface area contributed by atoms with E-state index in [-0.39, 0.29) is 0 Å². The highest BCUT2D eigenvalue weighted by Crippen LogP contribution is 2.19. The SMILES string of the molecule is COCc1cccc(-c2ccncc2)c1. The number of nitrogens with zero attached hydrogens (tertiary/aromatic N) is 1. The Labute approximate surface area is 89.6 Å². The third-order valence-electron chi connectivity index (χ3n) is 2.25. The van der Waals surface area contributed by atoms with Crippen LogP contribution >= 0.6 is 0 Å². The number of aromatic nitrogens is 1. The molecule has 0 spiro atoms. The Kier molecular flexibility index (Phi) is 3.10. The normalized spacial score (nSPS) is 10.2. The molecule has 0 saturated carbocycles. The Morgan fingerprint density at radius 3 is 2.60 bits per heavy atom. The number of methoxy groups -OCH3 is 1. The molecular formula is C13H13NO. The fourth-order valence-corrected chi connectivity index (χ4v) is 1.55. The number of hydrogen-bond acceptors (Lipinski definition) is 2. The molecule has 2 aromatic rings. The van der Waals surface area contributed by atoms with Crippen LogP contribution in [0.5, 0.6) is 0 Å². The Morgan fingerprint density at radius 2 is 1.87 bits per heavy atom. The van der Waals surface area contributed by atoms with E-state index in [4.69, 9.17) is 4.74 Å². The number of benzene rings is 1. The van der Waals surface area contributed by atoms with Gasteiger partial charge in [-0.1, -0.05) is 18.2 Å². The largest absolute Gasteiger partial charge is 0.380 e. The number of pyridine rings is 1. The highest BCUT2D eigenvalue weighted by molar-refractivity contribution is 5.63. The molecule has 15 heavy (non-hydrogen) atoms. The van der Waals surface area contributed by atoms with Crippen LogP contribution in [0.3, 0.4) is 0 Å². The molecule has 1 aromatic carbocycles. The van der Waals surface area contributed by atoms with Gasteiger partial charge >= 0.3 is 0 Å². The minimum absolute atomic E-state index is 0.652. The summed E-state index contributed by atoms with van der Waals surface area (Å²) < 4.78 is 5.11. The Balaban J connectivity index is 2.33. The van der Waals surface area contributed by atoms with Gasteiger partial charge in [0.1, 0.15) is 0 Å². The second-order valence-electron chi connectivity index (χ2n) is 3.37. The average Bonchev–Trinajstić information content (AvgIpc) is 2.31. The van der Waals surface area contributed by atoms with Crippen LogP contribution in [-0.2, 0) is 11.3 Å². The summed E-state index contributed by atoms with van der Waals surface area (Å²) in [6.45, 7) is 0.652. The van der Waals surface area contributed by atoms with Crippen molar-refractivity contribution < 1.29 is 4.74 Å². The quantitative estimate of drug-likeness (QED) is 0.758. The molecule has 0 saturated heterocycles. The molecule has 76 valence electrons. The van der Waals surface area contributed by atoms with Crippen LogP contribution in [0.15, 0.2) is 48.8 Å². The van der Waals surface area contributed by atoms with E-state index in [0.717, 1.165) is 0 Å². The molecule has 0 amide bonds. The average molecular weight is 199 g/mol. The Morgan fingerprint density at radius 1 is 1.07 bits per heavy atom. The van der Waals surface area contributed by atoms with Crippen molar-refractivity contribution in [2.24, 2.45) is 0 Å². The van der Waals surface area contributed by atoms with Gasteiger partial charge in [0.15, 0.2) is 0 Å². The molecule has 0 fully saturated rings. The van der Waals surface area contributed by atoms with Gasteiger partial charge in [-0.15, -0.1) is 0 Å². The molecule has 2 nitrogen and oxygen atoms in total. The first kappa shape index (κ1) is 9.87. The van der Waals surface area contributed by atoms with Crippen LogP contribution in [-0.4, -0.2) is 12.1 Å². The molecule has 0 atom stereocenters. The van der Waals surface area contributed by atoms with Gasteiger partial charge in [-0.25, -0.2) is 0 Å². The van der Waals surface area contributed by atoms with Gasteiger partial charge in [0.2, 0.25) is 0 Å². The summed E-state index contributed by atoms with van der Waals surface area (Å²) in [5.74, 6) is 0. The van der Waals surface area contributed by atoms with Crippen molar-refractivity contribution in [1.29, 1.82) is 0 Å². The molecule has 0 aliphatic carbocycles. The number of hydrogen-bond donors (Lipinski definition) is 0. The third kappa shape index (κ3) is 2.42. The molecule has 0 bridgehead atoms. The van der Waals surface area contributed by atoms with E-state index in [1.807, 2.05) is 18.2 Å². The van der Waals surface area contributed by atoms with Crippen LogP contribution < -0.4 is 0 Å². The zero-order chi connectivity index (χ0) is 10.5. The van der Waals surface area contributed by atoms with Crippen LogP contribution in [0.4, 0.5) is 0 Å². The molecule has 1 heterocycles. The van der Waals surface area contributed by atoms with Crippen LogP contribution in [0.2, 0.25) is 0 Å². The summed E-state index contributed by atoms with van der Waals surface area (Å²) in [4.78, 5) is 4.00. The maximum atomic E-state index is 5.11. The van der Waals surface area contributed by atoms with Gasteiger partial charge < -0.3 is 4.74 Å². The first-order chi connectivity index (χ1) is 7.40. The maximum Gasteiger partial charge on any atom is 0.0713 e. The van der Waals surface area contributed by atoms with Crippen molar-refractivity contribution >= 4 is 0 Å². The summed E-state index contributed by atoms with van der Waals surface area (Å²) in [6, 6.07) is 12.4. The molecule has 0 aliphatic heterocycles. The second kappa shape index (κ2) is 4.71. The van der Waals surface area contributed by atoms with Crippen molar-refractivity contribution in [1.82, 2.24) is 4.98 Å². The van der Waals surface area contributed by atoms with E-state index in [2.05, 4.69) is 23.2 Å². The second-order valence-corrected chi connectivity index (χ2v) is 3.37. The molecule has 1 aromatic heterocycles. The van der Waals surface area contributed by atoms with E-state index >= 15 is 0 Å². The molecule has 2 rings (SSSR count). The lowest BCUT2D eigenvalue weighted by Crippen LogP contribution is -1.87. The van der Waals surface area contributed by atoms with Gasteiger partial charge in [-0.2, -0.15) is 0 Å². The van der Waals surface area contributed by atoms with Crippen LogP contribution in [0, 0.1) is 0 Å². The molecule has 0 N–H and O–H groups in total. The van der Waals surface area contributed by atoms with E-state index in [1.54, 1.807) is 19.5 Å². The van der Waals surface area contributed by atoms with Crippen LogP contribution in [0.25, 0.3) is 11.1 Å². The fraction of sp³-hybridized carbons (Fsp3) is 0.154. The topological polar surface area (TPSA) is 22.1 Å². The lowest BCUT2D eigenvalue weighted by atomic mass is 10.0. The van der Waals surface area contributed by atoms with Crippen molar-refractivity contribution in [3.8, 4) is 11.1 Å². The van der Waals surface area contributed by atoms with Crippen LogP contribution in [0.1, 0.15) is 5.56 Å².